The Bertz CT molecular complexity index is 862. The van der Waals surface area contributed by atoms with E-state index in [-0.39, 0.29) is 27.5 Å². The number of hydrogen-bond donors (Lipinski definition) is 1. The second-order valence-corrected chi connectivity index (χ2v) is 7.37. The van der Waals surface area contributed by atoms with E-state index in [0.29, 0.717) is 6.54 Å². The first-order valence-electron chi connectivity index (χ1n) is 7.14. The van der Waals surface area contributed by atoms with Gasteiger partial charge in [0.2, 0.25) is 10.0 Å². The average molecular weight is 336 g/mol. The van der Waals surface area contributed by atoms with Gasteiger partial charge in [0, 0.05) is 31.9 Å². The highest BCUT2D eigenvalue weighted by Gasteiger charge is 2.32. The van der Waals surface area contributed by atoms with Crippen molar-refractivity contribution in [2.24, 2.45) is 0 Å². The van der Waals surface area contributed by atoms with Gasteiger partial charge in [0.05, 0.1) is 15.8 Å². The normalized spacial score (nSPS) is 18.6. The summed E-state index contributed by atoms with van der Waals surface area (Å²) < 4.78 is 27.1. The van der Waals surface area contributed by atoms with Gasteiger partial charge >= 0.3 is 0 Å². The molecular formula is C14H16N4O4S. The van der Waals surface area contributed by atoms with Gasteiger partial charge in [-0.05, 0) is 31.2 Å². The monoisotopic (exact) mass is 336 g/mol. The Hall–Kier alpha value is -2.10. The zero-order chi connectivity index (χ0) is 16.6. The molecule has 23 heavy (non-hydrogen) atoms. The molecule has 0 radical (unpaired) electrons. The van der Waals surface area contributed by atoms with Crippen molar-refractivity contribution in [1.29, 1.82) is 0 Å². The lowest BCUT2D eigenvalue weighted by Crippen LogP contribution is -2.38. The summed E-state index contributed by atoms with van der Waals surface area (Å²) in [6.07, 6.45) is 2.16. The number of benzene rings is 1. The summed E-state index contributed by atoms with van der Waals surface area (Å²) in [7, 11) is -2.25. The van der Waals surface area contributed by atoms with Crippen LogP contribution in [0.5, 0.6) is 0 Å². The standard InChI is InChI=1S/C14H16N4O4S/c1-17(10-6-8-15-9-10)23(21,22)13-5-4-12(18(19)20)11-3-2-7-16-14(11)13/h2-5,7,10,15H,6,8-9H2,1H3. The first kappa shape index (κ1) is 15.8. The van der Waals surface area contributed by atoms with Crippen LogP contribution in [-0.2, 0) is 10.0 Å². The van der Waals surface area contributed by atoms with Gasteiger partial charge in [-0.2, -0.15) is 4.31 Å². The fourth-order valence-electron chi connectivity index (χ4n) is 2.80. The minimum atomic E-state index is -3.78. The van der Waals surface area contributed by atoms with Crippen LogP contribution in [0.1, 0.15) is 6.42 Å². The van der Waals surface area contributed by atoms with E-state index in [1.54, 1.807) is 6.07 Å². The third kappa shape index (κ3) is 2.67. The first-order valence-corrected chi connectivity index (χ1v) is 8.58. The SMILES string of the molecule is CN(C1CCNC1)S(=O)(=O)c1ccc([N+](=O)[O-])c2cccnc12. The molecule has 1 aliphatic heterocycles. The van der Waals surface area contributed by atoms with Crippen molar-refractivity contribution in [3.05, 3.63) is 40.6 Å². The zero-order valence-electron chi connectivity index (χ0n) is 12.5. The number of non-ortho nitro benzene ring substituents is 1. The second kappa shape index (κ2) is 5.84. The van der Waals surface area contributed by atoms with Crippen LogP contribution in [0.3, 0.4) is 0 Å². The van der Waals surface area contributed by atoms with E-state index in [1.807, 2.05) is 0 Å². The van der Waals surface area contributed by atoms with Gasteiger partial charge < -0.3 is 5.32 Å². The number of pyridine rings is 1. The first-order chi connectivity index (χ1) is 10.9. The van der Waals surface area contributed by atoms with Gasteiger partial charge in [-0.1, -0.05) is 0 Å². The molecule has 3 rings (SSSR count). The van der Waals surface area contributed by atoms with E-state index in [1.165, 1.54) is 35.7 Å². The summed E-state index contributed by atoms with van der Waals surface area (Å²) in [6, 6.07) is 5.42. The summed E-state index contributed by atoms with van der Waals surface area (Å²) in [4.78, 5) is 14.7. The van der Waals surface area contributed by atoms with Crippen molar-refractivity contribution in [3.8, 4) is 0 Å². The Morgan fingerprint density at radius 3 is 2.83 bits per heavy atom. The molecule has 0 saturated carbocycles. The molecule has 1 fully saturated rings. The summed E-state index contributed by atoms with van der Waals surface area (Å²) in [5.41, 5.74) is -0.0308. The lowest BCUT2D eigenvalue weighted by molar-refractivity contribution is -0.383. The van der Waals surface area contributed by atoms with Crippen LogP contribution in [0.25, 0.3) is 10.9 Å². The van der Waals surface area contributed by atoms with Gasteiger partial charge in [-0.3, -0.25) is 15.1 Å². The number of rotatable bonds is 4. The summed E-state index contributed by atoms with van der Waals surface area (Å²) >= 11 is 0. The number of hydrogen-bond acceptors (Lipinski definition) is 6. The van der Waals surface area contributed by atoms with Gasteiger partial charge in [-0.25, -0.2) is 8.42 Å². The molecular weight excluding hydrogens is 320 g/mol. The largest absolute Gasteiger partial charge is 0.315 e. The van der Waals surface area contributed by atoms with Crippen LogP contribution >= 0.6 is 0 Å². The Balaban J connectivity index is 2.16. The Morgan fingerprint density at radius 2 is 2.17 bits per heavy atom. The average Bonchev–Trinajstić information content (AvgIpc) is 3.07. The van der Waals surface area contributed by atoms with Crippen LogP contribution in [0.2, 0.25) is 0 Å². The van der Waals surface area contributed by atoms with E-state index in [4.69, 9.17) is 0 Å². The number of nitro benzene ring substituents is 1. The van der Waals surface area contributed by atoms with Gasteiger partial charge in [0.15, 0.2) is 0 Å². The minimum Gasteiger partial charge on any atom is -0.315 e. The van der Waals surface area contributed by atoms with Crippen molar-refractivity contribution >= 4 is 26.6 Å². The Kier molecular flexibility index (Phi) is 4.00. The maximum Gasteiger partial charge on any atom is 0.278 e. The van der Waals surface area contributed by atoms with Crippen molar-refractivity contribution in [3.63, 3.8) is 0 Å². The highest BCUT2D eigenvalue weighted by Crippen LogP contribution is 2.31. The molecule has 122 valence electrons. The maximum atomic E-state index is 12.9. The molecule has 1 aromatic heterocycles. The van der Waals surface area contributed by atoms with E-state index < -0.39 is 14.9 Å². The fraction of sp³-hybridized carbons (Fsp3) is 0.357. The third-order valence-electron chi connectivity index (χ3n) is 4.11. The molecule has 1 aliphatic rings. The van der Waals surface area contributed by atoms with Crippen molar-refractivity contribution < 1.29 is 13.3 Å². The van der Waals surface area contributed by atoms with Crippen molar-refractivity contribution in [1.82, 2.24) is 14.6 Å². The summed E-state index contributed by atoms with van der Waals surface area (Å²) in [5.74, 6) is 0. The molecule has 0 spiro atoms. The van der Waals surface area contributed by atoms with E-state index in [9.17, 15) is 18.5 Å². The molecule has 0 bridgehead atoms. The topological polar surface area (TPSA) is 105 Å². The van der Waals surface area contributed by atoms with Crippen LogP contribution in [0.15, 0.2) is 35.4 Å². The third-order valence-corrected chi connectivity index (χ3v) is 6.05. The minimum absolute atomic E-state index is 0.00639. The molecule has 1 unspecified atom stereocenters. The Labute approximate surface area is 133 Å². The molecule has 0 aliphatic carbocycles. The highest BCUT2D eigenvalue weighted by atomic mass is 32.2. The summed E-state index contributed by atoms with van der Waals surface area (Å²) in [6.45, 7) is 1.36. The van der Waals surface area contributed by atoms with Crippen LogP contribution in [0, 0.1) is 10.1 Å². The number of aromatic nitrogens is 1. The molecule has 8 nitrogen and oxygen atoms in total. The molecule has 1 saturated heterocycles. The predicted molar refractivity (Wildman–Crippen MR) is 84.6 cm³/mol. The molecule has 2 heterocycles. The molecule has 2 aromatic rings. The predicted octanol–water partition coefficient (Wildman–Crippen LogP) is 1.13. The number of nitrogens with zero attached hydrogens (tertiary/aromatic N) is 3. The molecule has 1 aromatic carbocycles. The number of nitro groups is 1. The van der Waals surface area contributed by atoms with Crippen LogP contribution in [-0.4, -0.2) is 48.8 Å². The number of sulfonamides is 1. The molecule has 1 N–H and O–H groups in total. The lowest BCUT2D eigenvalue weighted by atomic mass is 10.2. The smallest absolute Gasteiger partial charge is 0.278 e. The lowest BCUT2D eigenvalue weighted by Gasteiger charge is -2.23. The van der Waals surface area contributed by atoms with E-state index in [2.05, 4.69) is 10.3 Å². The molecule has 1 atom stereocenters. The van der Waals surface area contributed by atoms with Gasteiger partial charge in [0.1, 0.15) is 4.90 Å². The maximum absolute atomic E-state index is 12.9. The van der Waals surface area contributed by atoms with Crippen LogP contribution in [0.4, 0.5) is 5.69 Å². The van der Waals surface area contributed by atoms with Crippen LogP contribution < -0.4 is 5.32 Å². The second-order valence-electron chi connectivity index (χ2n) is 5.41. The fourth-order valence-corrected chi connectivity index (χ4v) is 4.33. The number of nitrogens with one attached hydrogen (secondary N) is 1. The van der Waals surface area contributed by atoms with Gasteiger partial charge in [0.25, 0.3) is 5.69 Å². The van der Waals surface area contributed by atoms with E-state index >= 15 is 0 Å². The van der Waals surface area contributed by atoms with Crippen molar-refractivity contribution in [2.45, 2.75) is 17.4 Å². The number of fused-ring (bicyclic) bond motifs is 1. The summed E-state index contributed by atoms with van der Waals surface area (Å²) in [5, 5.41) is 14.5. The van der Waals surface area contributed by atoms with Crippen molar-refractivity contribution in [2.75, 3.05) is 20.1 Å². The quantitative estimate of drug-likeness (QED) is 0.663. The number of likely N-dealkylation sites (N-methyl/N-ethyl adjacent to an activating group) is 1. The molecule has 0 amide bonds. The Morgan fingerprint density at radius 1 is 1.39 bits per heavy atom. The van der Waals surface area contributed by atoms with E-state index in [0.717, 1.165) is 13.0 Å². The molecule has 9 heteroatoms. The van der Waals surface area contributed by atoms with Gasteiger partial charge in [-0.15, -0.1) is 0 Å². The highest BCUT2D eigenvalue weighted by molar-refractivity contribution is 7.89. The zero-order valence-corrected chi connectivity index (χ0v) is 13.3.